The van der Waals surface area contributed by atoms with Gasteiger partial charge in [0, 0.05) is 24.6 Å². The number of aromatic nitrogens is 2. The van der Waals surface area contributed by atoms with Gasteiger partial charge in [-0.2, -0.15) is 5.10 Å². The summed E-state index contributed by atoms with van der Waals surface area (Å²) in [6.07, 6.45) is 2.37. The maximum atomic E-state index is 11.9. The molecule has 0 aliphatic rings. The Bertz CT molecular complexity index is 355. The standard InChI is InChI=1S/C13H22N2O/c1-5-10(4)13(16)9-12-8-11(6-2)14-15(12)7-3/h8,10H,5-7,9H2,1-4H3. The minimum atomic E-state index is 0.158. The molecule has 0 fully saturated rings. The van der Waals surface area contributed by atoms with E-state index >= 15 is 0 Å². The highest BCUT2D eigenvalue weighted by Crippen LogP contribution is 2.11. The first kappa shape index (κ1) is 12.9. The van der Waals surface area contributed by atoms with Crippen LogP contribution in [0, 0.1) is 5.92 Å². The van der Waals surface area contributed by atoms with Crippen LogP contribution in [-0.2, 0) is 24.2 Å². The third-order valence-electron chi connectivity index (χ3n) is 3.09. The van der Waals surface area contributed by atoms with E-state index in [1.165, 1.54) is 0 Å². The summed E-state index contributed by atoms with van der Waals surface area (Å²) >= 11 is 0. The van der Waals surface area contributed by atoms with Crippen LogP contribution in [-0.4, -0.2) is 15.6 Å². The van der Waals surface area contributed by atoms with E-state index in [9.17, 15) is 4.79 Å². The van der Waals surface area contributed by atoms with E-state index in [0.29, 0.717) is 12.2 Å². The number of hydrogen-bond acceptors (Lipinski definition) is 2. The van der Waals surface area contributed by atoms with Gasteiger partial charge in [-0.15, -0.1) is 0 Å². The number of carbonyl (C=O) groups is 1. The van der Waals surface area contributed by atoms with Crippen LogP contribution >= 0.6 is 0 Å². The molecule has 3 heteroatoms. The predicted molar refractivity (Wildman–Crippen MR) is 65.4 cm³/mol. The number of aryl methyl sites for hydroxylation is 2. The minimum absolute atomic E-state index is 0.158. The first-order valence-corrected chi connectivity index (χ1v) is 6.20. The SMILES string of the molecule is CCc1cc(CC(=O)C(C)CC)n(CC)n1. The summed E-state index contributed by atoms with van der Waals surface area (Å²) in [5, 5.41) is 4.45. The summed E-state index contributed by atoms with van der Waals surface area (Å²) in [6.45, 7) is 9.03. The van der Waals surface area contributed by atoms with E-state index in [0.717, 1.165) is 30.8 Å². The van der Waals surface area contributed by atoms with Gasteiger partial charge >= 0.3 is 0 Å². The normalized spacial score (nSPS) is 12.8. The molecule has 16 heavy (non-hydrogen) atoms. The van der Waals surface area contributed by atoms with Gasteiger partial charge in [0.2, 0.25) is 0 Å². The van der Waals surface area contributed by atoms with E-state index in [2.05, 4.69) is 31.9 Å². The largest absolute Gasteiger partial charge is 0.299 e. The average Bonchev–Trinajstić information content (AvgIpc) is 2.70. The molecule has 0 bridgehead atoms. The molecule has 1 atom stereocenters. The lowest BCUT2D eigenvalue weighted by atomic mass is 10.00. The van der Waals surface area contributed by atoms with Gasteiger partial charge in [-0.1, -0.05) is 20.8 Å². The van der Waals surface area contributed by atoms with Crippen molar-refractivity contribution in [2.45, 2.75) is 53.5 Å². The Kier molecular flexibility index (Phi) is 4.71. The molecule has 1 unspecified atom stereocenters. The minimum Gasteiger partial charge on any atom is -0.299 e. The molecule has 0 amide bonds. The zero-order valence-electron chi connectivity index (χ0n) is 10.8. The van der Waals surface area contributed by atoms with Gasteiger partial charge in [-0.05, 0) is 25.8 Å². The molecule has 0 spiro atoms. The van der Waals surface area contributed by atoms with E-state index in [1.54, 1.807) is 0 Å². The van der Waals surface area contributed by atoms with Crippen molar-refractivity contribution in [1.82, 2.24) is 9.78 Å². The Labute approximate surface area is 97.8 Å². The van der Waals surface area contributed by atoms with Crippen molar-refractivity contribution in [2.75, 3.05) is 0 Å². The molecule has 1 rings (SSSR count). The molecule has 0 saturated heterocycles. The molecule has 1 aromatic heterocycles. The molecule has 1 heterocycles. The molecule has 0 aliphatic heterocycles. The summed E-state index contributed by atoms with van der Waals surface area (Å²) < 4.78 is 1.94. The predicted octanol–water partition coefficient (Wildman–Crippen LogP) is 2.62. The maximum Gasteiger partial charge on any atom is 0.141 e. The first-order chi connectivity index (χ1) is 7.62. The van der Waals surface area contributed by atoms with Crippen molar-refractivity contribution < 1.29 is 4.79 Å². The smallest absolute Gasteiger partial charge is 0.141 e. The van der Waals surface area contributed by atoms with E-state index < -0.39 is 0 Å². The van der Waals surface area contributed by atoms with Gasteiger partial charge in [0.25, 0.3) is 0 Å². The Hall–Kier alpha value is -1.12. The quantitative estimate of drug-likeness (QED) is 0.741. The number of hydrogen-bond donors (Lipinski definition) is 0. The fraction of sp³-hybridized carbons (Fsp3) is 0.692. The Morgan fingerprint density at radius 2 is 2.12 bits per heavy atom. The lowest BCUT2D eigenvalue weighted by Crippen LogP contribution is -2.15. The fourth-order valence-electron chi connectivity index (χ4n) is 1.68. The molecule has 3 nitrogen and oxygen atoms in total. The molecule has 0 aliphatic carbocycles. The second-order valence-corrected chi connectivity index (χ2v) is 4.25. The molecular formula is C13H22N2O. The lowest BCUT2D eigenvalue weighted by molar-refractivity contribution is -0.121. The molecule has 1 aromatic rings. The van der Waals surface area contributed by atoms with Crippen molar-refractivity contribution in [3.05, 3.63) is 17.5 Å². The number of nitrogens with zero attached hydrogens (tertiary/aromatic N) is 2. The van der Waals surface area contributed by atoms with Crippen LogP contribution in [0.4, 0.5) is 0 Å². The highest BCUT2D eigenvalue weighted by atomic mass is 16.1. The van der Waals surface area contributed by atoms with Crippen LogP contribution < -0.4 is 0 Å². The monoisotopic (exact) mass is 222 g/mol. The highest BCUT2D eigenvalue weighted by molar-refractivity contribution is 5.82. The number of rotatable bonds is 6. The van der Waals surface area contributed by atoms with Gasteiger partial charge in [0.15, 0.2) is 0 Å². The van der Waals surface area contributed by atoms with Gasteiger partial charge in [0.1, 0.15) is 5.78 Å². The van der Waals surface area contributed by atoms with Crippen molar-refractivity contribution >= 4 is 5.78 Å². The second kappa shape index (κ2) is 5.83. The van der Waals surface area contributed by atoms with Crippen LogP contribution in [0.3, 0.4) is 0 Å². The lowest BCUT2D eigenvalue weighted by Gasteiger charge is -2.08. The van der Waals surface area contributed by atoms with E-state index in [4.69, 9.17) is 0 Å². The molecule has 0 saturated carbocycles. The zero-order chi connectivity index (χ0) is 12.1. The van der Waals surface area contributed by atoms with Crippen molar-refractivity contribution in [2.24, 2.45) is 5.92 Å². The Morgan fingerprint density at radius 3 is 2.62 bits per heavy atom. The Balaban J connectivity index is 2.79. The van der Waals surface area contributed by atoms with Gasteiger partial charge in [0.05, 0.1) is 5.69 Å². The van der Waals surface area contributed by atoms with E-state index in [1.807, 2.05) is 11.6 Å². The van der Waals surface area contributed by atoms with Crippen LogP contribution in [0.5, 0.6) is 0 Å². The third kappa shape index (κ3) is 2.94. The maximum absolute atomic E-state index is 11.9. The summed E-state index contributed by atoms with van der Waals surface area (Å²) in [5.41, 5.74) is 2.14. The van der Waals surface area contributed by atoms with Gasteiger partial charge in [-0.25, -0.2) is 0 Å². The summed E-state index contributed by atoms with van der Waals surface area (Å²) in [6, 6.07) is 2.06. The zero-order valence-corrected chi connectivity index (χ0v) is 10.8. The first-order valence-electron chi connectivity index (χ1n) is 6.20. The molecule has 0 radical (unpaired) electrons. The van der Waals surface area contributed by atoms with Gasteiger partial charge < -0.3 is 0 Å². The van der Waals surface area contributed by atoms with Crippen LogP contribution in [0.15, 0.2) is 6.07 Å². The number of carbonyl (C=O) groups excluding carboxylic acids is 1. The highest BCUT2D eigenvalue weighted by Gasteiger charge is 2.14. The molecule has 0 aromatic carbocycles. The molecule has 90 valence electrons. The number of Topliss-reactive ketones (excluding diaryl/α,β-unsaturated/α-hetero) is 1. The summed E-state index contributed by atoms with van der Waals surface area (Å²) in [7, 11) is 0. The fourth-order valence-corrected chi connectivity index (χ4v) is 1.68. The van der Waals surface area contributed by atoms with Gasteiger partial charge in [-0.3, -0.25) is 9.48 Å². The van der Waals surface area contributed by atoms with Crippen LogP contribution in [0.1, 0.15) is 45.5 Å². The summed E-state index contributed by atoms with van der Waals surface area (Å²) in [4.78, 5) is 11.9. The van der Waals surface area contributed by atoms with Crippen LogP contribution in [0.2, 0.25) is 0 Å². The molecule has 0 N–H and O–H groups in total. The topological polar surface area (TPSA) is 34.9 Å². The number of ketones is 1. The average molecular weight is 222 g/mol. The van der Waals surface area contributed by atoms with Crippen molar-refractivity contribution in [3.8, 4) is 0 Å². The molecular weight excluding hydrogens is 200 g/mol. The summed E-state index contributed by atoms with van der Waals surface area (Å²) in [5.74, 6) is 0.477. The second-order valence-electron chi connectivity index (χ2n) is 4.25. The third-order valence-corrected chi connectivity index (χ3v) is 3.09. The van der Waals surface area contributed by atoms with Crippen molar-refractivity contribution in [3.63, 3.8) is 0 Å². The van der Waals surface area contributed by atoms with E-state index in [-0.39, 0.29) is 5.92 Å². The van der Waals surface area contributed by atoms with Crippen molar-refractivity contribution in [1.29, 1.82) is 0 Å². The van der Waals surface area contributed by atoms with Crippen LogP contribution in [0.25, 0.3) is 0 Å². The Morgan fingerprint density at radius 1 is 1.44 bits per heavy atom.